The predicted octanol–water partition coefficient (Wildman–Crippen LogP) is 1.85. The van der Waals surface area contributed by atoms with E-state index < -0.39 is 0 Å². The third-order valence-corrected chi connectivity index (χ3v) is 1.86. The number of carbonyl (C=O) groups excluding carboxylic acids is 1. The average molecular weight is 164 g/mol. The van der Waals surface area contributed by atoms with Crippen LogP contribution in [0.2, 0.25) is 0 Å². The van der Waals surface area contributed by atoms with Gasteiger partial charge in [-0.15, -0.1) is 0 Å². The molecule has 2 heteroatoms. The first-order valence-electron chi connectivity index (χ1n) is 3.84. The minimum absolute atomic E-state index is 0.113. The summed E-state index contributed by atoms with van der Waals surface area (Å²) in [6.45, 7) is 3.84. The number of ether oxygens (including phenoxy) is 1. The lowest BCUT2D eigenvalue weighted by molar-refractivity contribution is -0.141. The second-order valence-corrected chi connectivity index (χ2v) is 2.71. The molecule has 0 fully saturated rings. The van der Waals surface area contributed by atoms with Crippen LogP contribution in [0.15, 0.2) is 36.5 Å². The van der Waals surface area contributed by atoms with Gasteiger partial charge in [-0.25, -0.2) is 0 Å². The molecule has 1 atom stereocenters. The van der Waals surface area contributed by atoms with Gasteiger partial charge in [-0.3, -0.25) is 4.79 Å². The number of hydrogen-bond donors (Lipinski definition) is 0. The Labute approximate surface area is 72.2 Å². The predicted molar refractivity (Wildman–Crippen MR) is 47.5 cm³/mol. The zero-order valence-electron chi connectivity index (χ0n) is 7.12. The number of methoxy groups -OCH3 is 1. The highest BCUT2D eigenvalue weighted by molar-refractivity contribution is 5.70. The van der Waals surface area contributed by atoms with Gasteiger partial charge in [0.2, 0.25) is 0 Å². The molecule has 0 spiro atoms. The Morgan fingerprint density at radius 1 is 1.67 bits per heavy atom. The highest BCUT2D eigenvalue weighted by Gasteiger charge is 2.13. The van der Waals surface area contributed by atoms with E-state index >= 15 is 0 Å². The van der Waals surface area contributed by atoms with Crippen molar-refractivity contribution in [1.29, 1.82) is 0 Å². The van der Waals surface area contributed by atoms with Crippen molar-refractivity contribution >= 4 is 5.97 Å². The number of hydrogen-bond acceptors (Lipinski definition) is 2. The molecule has 0 aromatic carbocycles. The normalized spacial score (nSPS) is 21.1. The van der Waals surface area contributed by atoms with E-state index in [0.29, 0.717) is 6.42 Å². The highest BCUT2D eigenvalue weighted by atomic mass is 16.5. The van der Waals surface area contributed by atoms with Crippen molar-refractivity contribution in [2.24, 2.45) is 5.92 Å². The Kier molecular flexibility index (Phi) is 2.86. The molecule has 0 N–H and O–H groups in total. The lowest BCUT2D eigenvalue weighted by Crippen LogP contribution is -2.10. The minimum Gasteiger partial charge on any atom is -0.469 e. The topological polar surface area (TPSA) is 26.3 Å². The van der Waals surface area contributed by atoms with Crippen molar-refractivity contribution in [3.05, 3.63) is 36.5 Å². The summed E-state index contributed by atoms with van der Waals surface area (Å²) in [5, 5.41) is 0. The molecule has 0 amide bonds. The summed E-state index contributed by atoms with van der Waals surface area (Å²) in [4.78, 5) is 10.9. The van der Waals surface area contributed by atoms with E-state index in [2.05, 4.69) is 11.3 Å². The van der Waals surface area contributed by atoms with Crippen LogP contribution in [0, 0.1) is 5.92 Å². The lowest BCUT2D eigenvalue weighted by Gasteiger charge is -2.13. The highest BCUT2D eigenvalue weighted by Crippen LogP contribution is 2.20. The number of carbonyl (C=O) groups is 1. The Morgan fingerprint density at radius 3 is 3.00 bits per heavy atom. The van der Waals surface area contributed by atoms with Crippen LogP contribution < -0.4 is 0 Å². The quantitative estimate of drug-likeness (QED) is 0.582. The molecule has 0 aromatic heterocycles. The molecule has 0 radical (unpaired) electrons. The van der Waals surface area contributed by atoms with Crippen LogP contribution >= 0.6 is 0 Å². The molecule has 0 aromatic rings. The molecule has 64 valence electrons. The fourth-order valence-corrected chi connectivity index (χ4v) is 1.09. The van der Waals surface area contributed by atoms with Crippen LogP contribution in [0.5, 0.6) is 0 Å². The van der Waals surface area contributed by atoms with Gasteiger partial charge in [0.15, 0.2) is 0 Å². The molecular weight excluding hydrogens is 152 g/mol. The van der Waals surface area contributed by atoms with Crippen LogP contribution in [0.4, 0.5) is 0 Å². The Hall–Kier alpha value is -1.31. The van der Waals surface area contributed by atoms with E-state index in [9.17, 15) is 4.79 Å². The van der Waals surface area contributed by atoms with E-state index in [1.165, 1.54) is 7.11 Å². The van der Waals surface area contributed by atoms with Crippen LogP contribution in [0.25, 0.3) is 0 Å². The van der Waals surface area contributed by atoms with Gasteiger partial charge in [-0.05, 0) is 5.57 Å². The standard InChI is InChI=1S/C10H12O2/c1-8-5-3-4-6-9(8)7-10(11)12-2/h3-6,9H,1,7H2,2H3. The third kappa shape index (κ3) is 2.09. The zero-order chi connectivity index (χ0) is 8.97. The van der Waals surface area contributed by atoms with Crippen molar-refractivity contribution in [2.75, 3.05) is 7.11 Å². The molecule has 1 rings (SSSR count). The molecular formula is C10H12O2. The SMILES string of the molecule is C=C1C=CC=CC1CC(=O)OC. The molecule has 1 unspecified atom stereocenters. The smallest absolute Gasteiger partial charge is 0.306 e. The largest absolute Gasteiger partial charge is 0.469 e. The van der Waals surface area contributed by atoms with Crippen molar-refractivity contribution in [2.45, 2.75) is 6.42 Å². The summed E-state index contributed by atoms with van der Waals surface area (Å²) in [5.74, 6) is -0.0800. The second kappa shape index (κ2) is 3.90. The van der Waals surface area contributed by atoms with Crippen molar-refractivity contribution in [3.8, 4) is 0 Å². The van der Waals surface area contributed by atoms with Crippen LogP contribution in [0.1, 0.15) is 6.42 Å². The Balaban J connectivity index is 2.53. The maximum absolute atomic E-state index is 10.9. The van der Waals surface area contributed by atoms with Crippen LogP contribution in [-0.4, -0.2) is 13.1 Å². The van der Waals surface area contributed by atoms with Gasteiger partial charge in [-0.2, -0.15) is 0 Å². The van der Waals surface area contributed by atoms with Crippen molar-refractivity contribution < 1.29 is 9.53 Å². The average Bonchev–Trinajstić information content (AvgIpc) is 2.09. The molecule has 12 heavy (non-hydrogen) atoms. The molecule has 1 aliphatic rings. The van der Waals surface area contributed by atoms with Crippen LogP contribution in [0.3, 0.4) is 0 Å². The van der Waals surface area contributed by atoms with Gasteiger partial charge in [0, 0.05) is 5.92 Å². The maximum atomic E-state index is 10.9. The Bertz CT molecular complexity index is 249. The molecule has 0 heterocycles. The second-order valence-electron chi connectivity index (χ2n) is 2.71. The number of allylic oxidation sites excluding steroid dienone is 5. The van der Waals surface area contributed by atoms with Crippen molar-refractivity contribution in [3.63, 3.8) is 0 Å². The molecule has 0 bridgehead atoms. The summed E-state index contributed by atoms with van der Waals surface area (Å²) in [5.41, 5.74) is 0.961. The molecule has 2 nitrogen and oxygen atoms in total. The first kappa shape index (κ1) is 8.78. The minimum atomic E-state index is -0.193. The zero-order valence-corrected chi connectivity index (χ0v) is 7.12. The number of rotatable bonds is 2. The van der Waals surface area contributed by atoms with E-state index in [-0.39, 0.29) is 11.9 Å². The van der Waals surface area contributed by atoms with Gasteiger partial charge in [0.05, 0.1) is 13.5 Å². The molecule has 0 saturated heterocycles. The summed E-state index contributed by atoms with van der Waals surface area (Å²) in [6.07, 6.45) is 8.08. The van der Waals surface area contributed by atoms with Gasteiger partial charge >= 0.3 is 5.97 Å². The van der Waals surface area contributed by atoms with Gasteiger partial charge in [0.1, 0.15) is 0 Å². The lowest BCUT2D eigenvalue weighted by atomic mass is 9.93. The maximum Gasteiger partial charge on any atom is 0.306 e. The Morgan fingerprint density at radius 2 is 2.42 bits per heavy atom. The third-order valence-electron chi connectivity index (χ3n) is 1.86. The van der Waals surface area contributed by atoms with Gasteiger partial charge < -0.3 is 4.74 Å². The molecule has 1 aliphatic carbocycles. The number of esters is 1. The van der Waals surface area contributed by atoms with Gasteiger partial charge in [0.25, 0.3) is 0 Å². The van der Waals surface area contributed by atoms with E-state index in [0.717, 1.165) is 5.57 Å². The molecule has 0 aliphatic heterocycles. The van der Waals surface area contributed by atoms with Crippen LogP contribution in [-0.2, 0) is 9.53 Å². The van der Waals surface area contributed by atoms with E-state index in [1.807, 2.05) is 24.3 Å². The van der Waals surface area contributed by atoms with E-state index in [4.69, 9.17) is 0 Å². The fourth-order valence-electron chi connectivity index (χ4n) is 1.09. The summed E-state index contributed by atoms with van der Waals surface area (Å²) in [7, 11) is 1.40. The van der Waals surface area contributed by atoms with Crippen molar-refractivity contribution in [1.82, 2.24) is 0 Å². The fraction of sp³-hybridized carbons (Fsp3) is 0.300. The van der Waals surface area contributed by atoms with E-state index in [1.54, 1.807) is 0 Å². The summed E-state index contributed by atoms with van der Waals surface area (Å²) < 4.78 is 4.56. The summed E-state index contributed by atoms with van der Waals surface area (Å²) in [6, 6.07) is 0. The first-order valence-corrected chi connectivity index (χ1v) is 3.84. The first-order chi connectivity index (χ1) is 5.74. The van der Waals surface area contributed by atoms with Gasteiger partial charge in [-0.1, -0.05) is 30.9 Å². The molecule has 0 saturated carbocycles. The summed E-state index contributed by atoms with van der Waals surface area (Å²) >= 11 is 0. The monoisotopic (exact) mass is 164 g/mol.